The Morgan fingerprint density at radius 3 is 2.50 bits per heavy atom. The highest BCUT2D eigenvalue weighted by molar-refractivity contribution is 6.01. The van der Waals surface area contributed by atoms with Gasteiger partial charge in [0.2, 0.25) is 0 Å². The normalized spacial score (nSPS) is 20.8. The second-order valence-electron chi connectivity index (χ2n) is 6.92. The molecule has 1 aliphatic heterocycles. The van der Waals surface area contributed by atoms with E-state index >= 15 is 0 Å². The van der Waals surface area contributed by atoms with Gasteiger partial charge in [-0.2, -0.15) is 13.2 Å². The van der Waals surface area contributed by atoms with Crippen LogP contribution in [-0.2, 0) is 22.1 Å². The van der Waals surface area contributed by atoms with E-state index < -0.39 is 41.6 Å². The molecule has 2 heterocycles. The number of urea groups is 1. The fourth-order valence-electron chi connectivity index (χ4n) is 3.38. The molecule has 6 nitrogen and oxygen atoms in total. The van der Waals surface area contributed by atoms with Crippen molar-refractivity contribution in [1.29, 1.82) is 0 Å². The zero-order chi connectivity index (χ0) is 22.2. The maximum Gasteiger partial charge on any atom is 0.416 e. The van der Waals surface area contributed by atoms with Crippen LogP contribution in [0.2, 0.25) is 0 Å². The van der Waals surface area contributed by atoms with Crippen LogP contribution in [0, 0.1) is 18.7 Å². The number of ether oxygens (including phenoxy) is 1. The number of alkyl halides is 3. The summed E-state index contributed by atoms with van der Waals surface area (Å²) >= 11 is 0. The van der Waals surface area contributed by atoms with E-state index in [9.17, 15) is 27.2 Å². The van der Waals surface area contributed by atoms with Gasteiger partial charge in [-0.25, -0.2) is 14.0 Å². The molecule has 0 radical (unpaired) electrons. The van der Waals surface area contributed by atoms with Crippen LogP contribution in [0.4, 0.5) is 22.4 Å². The van der Waals surface area contributed by atoms with Crippen LogP contribution in [0.15, 0.2) is 40.3 Å². The number of aryl methyl sites for hydroxylation is 1. The van der Waals surface area contributed by atoms with Crippen LogP contribution < -0.4 is 11.1 Å². The van der Waals surface area contributed by atoms with Crippen molar-refractivity contribution in [3.8, 4) is 0 Å². The first-order valence-electron chi connectivity index (χ1n) is 8.91. The number of carbonyl (C=O) groups is 2. The van der Waals surface area contributed by atoms with E-state index in [0.717, 1.165) is 12.1 Å². The average molecular weight is 426 g/mol. The Bertz CT molecular complexity index is 1030. The Morgan fingerprint density at radius 1 is 1.23 bits per heavy atom. The highest BCUT2D eigenvalue weighted by Gasteiger charge is 2.42. The van der Waals surface area contributed by atoms with Crippen LogP contribution in [0.5, 0.6) is 0 Å². The number of cyclic esters (lactones) is 1. The minimum Gasteiger partial charge on any atom is -0.460 e. The maximum atomic E-state index is 13.4. The van der Waals surface area contributed by atoms with E-state index in [1.807, 2.05) is 0 Å². The molecule has 3 N–H and O–H groups in total. The fourth-order valence-corrected chi connectivity index (χ4v) is 3.38. The quantitative estimate of drug-likeness (QED) is 0.440. The van der Waals surface area contributed by atoms with E-state index in [-0.39, 0.29) is 29.0 Å². The molecule has 0 aliphatic carbocycles. The number of benzene rings is 1. The van der Waals surface area contributed by atoms with Crippen molar-refractivity contribution in [2.45, 2.75) is 32.5 Å². The Labute approximate surface area is 168 Å². The molecule has 1 aromatic heterocycles. The first-order chi connectivity index (χ1) is 14.0. The highest BCUT2D eigenvalue weighted by atomic mass is 19.4. The van der Waals surface area contributed by atoms with Gasteiger partial charge in [-0.15, -0.1) is 0 Å². The van der Waals surface area contributed by atoms with Gasteiger partial charge in [0.1, 0.15) is 17.7 Å². The fraction of sp³-hybridized carbons (Fsp3) is 0.300. The Balaban J connectivity index is 1.99. The molecule has 2 aromatic rings. The van der Waals surface area contributed by atoms with Gasteiger partial charge in [-0.1, -0.05) is 13.0 Å². The van der Waals surface area contributed by atoms with Gasteiger partial charge in [0.25, 0.3) is 0 Å². The predicted octanol–water partition coefficient (Wildman–Crippen LogP) is 3.93. The molecular weight excluding hydrogens is 408 g/mol. The number of hydrogen-bond donors (Lipinski definition) is 2. The van der Waals surface area contributed by atoms with Crippen molar-refractivity contribution < 1.29 is 36.3 Å². The molecule has 30 heavy (non-hydrogen) atoms. The van der Waals surface area contributed by atoms with Gasteiger partial charge in [-0.05, 0) is 36.8 Å². The summed E-state index contributed by atoms with van der Waals surface area (Å²) in [5, 5.41) is 2.33. The van der Waals surface area contributed by atoms with Crippen LogP contribution in [0.1, 0.15) is 29.6 Å². The van der Waals surface area contributed by atoms with Gasteiger partial charge >= 0.3 is 18.2 Å². The highest BCUT2D eigenvalue weighted by Crippen LogP contribution is 2.38. The van der Waals surface area contributed by atoms with Gasteiger partial charge in [0.05, 0.1) is 16.8 Å². The molecule has 2 unspecified atom stereocenters. The Kier molecular flexibility index (Phi) is 5.60. The van der Waals surface area contributed by atoms with Crippen LogP contribution in [0.25, 0.3) is 5.70 Å². The summed E-state index contributed by atoms with van der Waals surface area (Å²) in [5.74, 6) is -1.89. The van der Waals surface area contributed by atoms with Gasteiger partial charge in [0.15, 0.2) is 5.76 Å². The summed E-state index contributed by atoms with van der Waals surface area (Å²) in [6.07, 6.45) is -6.04. The van der Waals surface area contributed by atoms with Gasteiger partial charge in [-0.3, -0.25) is 0 Å². The number of furan rings is 1. The molecule has 0 spiro atoms. The van der Waals surface area contributed by atoms with E-state index in [4.69, 9.17) is 14.9 Å². The van der Waals surface area contributed by atoms with Gasteiger partial charge in [0, 0.05) is 12.3 Å². The zero-order valence-electron chi connectivity index (χ0n) is 16.0. The lowest BCUT2D eigenvalue weighted by Gasteiger charge is -2.18. The molecule has 1 aliphatic rings. The molecule has 2 amide bonds. The SMILES string of the molecule is Cc1ccc(/C(NC(N)=O)=C2\C(=O)OC(Cc3ccc(F)cc3C(F)(F)F)C2C)o1. The molecule has 160 valence electrons. The summed E-state index contributed by atoms with van der Waals surface area (Å²) in [5.41, 5.74) is 3.85. The van der Waals surface area contributed by atoms with Crippen molar-refractivity contribution in [3.63, 3.8) is 0 Å². The van der Waals surface area contributed by atoms with Crippen molar-refractivity contribution in [2.75, 3.05) is 0 Å². The summed E-state index contributed by atoms with van der Waals surface area (Å²) in [6.45, 7) is 3.22. The third kappa shape index (κ3) is 4.32. The van der Waals surface area contributed by atoms with Gasteiger partial charge < -0.3 is 20.2 Å². The monoisotopic (exact) mass is 426 g/mol. The number of nitrogens with one attached hydrogen (secondary N) is 1. The molecule has 1 saturated heterocycles. The molecule has 0 bridgehead atoms. The zero-order valence-corrected chi connectivity index (χ0v) is 16.0. The molecule has 3 rings (SSSR count). The average Bonchev–Trinajstić information content (AvgIpc) is 3.17. The number of primary amides is 1. The number of hydrogen-bond acceptors (Lipinski definition) is 4. The van der Waals surface area contributed by atoms with E-state index in [0.29, 0.717) is 11.8 Å². The van der Waals surface area contributed by atoms with Crippen molar-refractivity contribution in [1.82, 2.24) is 5.32 Å². The lowest BCUT2D eigenvalue weighted by atomic mass is 9.90. The van der Waals surface area contributed by atoms with E-state index in [1.165, 1.54) is 6.07 Å². The maximum absolute atomic E-state index is 13.4. The Hall–Kier alpha value is -3.30. The molecular formula is C20H18F4N2O4. The molecule has 1 aromatic carbocycles. The van der Waals surface area contributed by atoms with Crippen LogP contribution in [-0.4, -0.2) is 18.1 Å². The summed E-state index contributed by atoms with van der Waals surface area (Å²) in [4.78, 5) is 24.0. The minimum absolute atomic E-state index is 0.00856. The molecule has 1 fully saturated rings. The molecule has 2 atom stereocenters. The number of rotatable bonds is 4. The second kappa shape index (κ2) is 7.85. The first kappa shape index (κ1) is 21.4. The predicted molar refractivity (Wildman–Crippen MR) is 97.2 cm³/mol. The summed E-state index contributed by atoms with van der Waals surface area (Å²) < 4.78 is 64.0. The van der Waals surface area contributed by atoms with Crippen LogP contribution >= 0.6 is 0 Å². The lowest BCUT2D eigenvalue weighted by Crippen LogP contribution is -2.30. The standard InChI is InChI=1S/C20H18F4N2O4/c1-9-3-6-14(29-9)17(26-19(25)28)16-10(2)15(30-18(16)27)7-11-4-5-12(21)8-13(11)20(22,23)24/h3-6,8,10,15H,7H2,1-2H3,(H3,25,26,28)/b17-16+. The first-order valence-corrected chi connectivity index (χ1v) is 8.91. The third-order valence-electron chi connectivity index (χ3n) is 4.79. The van der Waals surface area contributed by atoms with Crippen LogP contribution in [0.3, 0.4) is 0 Å². The number of nitrogens with two attached hydrogens (primary N) is 1. The lowest BCUT2D eigenvalue weighted by molar-refractivity contribution is -0.139. The van der Waals surface area contributed by atoms with Crippen molar-refractivity contribution in [3.05, 3.63) is 64.4 Å². The third-order valence-corrected chi connectivity index (χ3v) is 4.79. The molecule has 10 heteroatoms. The summed E-state index contributed by atoms with van der Waals surface area (Å²) in [7, 11) is 0. The number of amides is 2. The number of esters is 1. The van der Waals surface area contributed by atoms with E-state index in [1.54, 1.807) is 19.9 Å². The second-order valence-corrected chi connectivity index (χ2v) is 6.92. The Morgan fingerprint density at radius 2 is 1.93 bits per heavy atom. The topological polar surface area (TPSA) is 94.6 Å². The largest absolute Gasteiger partial charge is 0.460 e. The van der Waals surface area contributed by atoms with Crippen molar-refractivity contribution >= 4 is 17.7 Å². The number of halogens is 4. The minimum atomic E-state index is -4.77. The summed E-state index contributed by atoms with van der Waals surface area (Å²) in [6, 6.07) is 4.50. The number of carbonyl (C=O) groups excluding carboxylic acids is 2. The van der Waals surface area contributed by atoms with E-state index in [2.05, 4.69) is 5.32 Å². The van der Waals surface area contributed by atoms with Crippen molar-refractivity contribution in [2.24, 2.45) is 11.7 Å². The smallest absolute Gasteiger partial charge is 0.416 e. The molecule has 0 saturated carbocycles.